The van der Waals surface area contributed by atoms with Crippen LogP contribution in [0.2, 0.25) is 0 Å². The van der Waals surface area contributed by atoms with Gasteiger partial charge in [-0.3, -0.25) is 0 Å². The van der Waals surface area contributed by atoms with Crippen molar-refractivity contribution in [1.82, 2.24) is 5.32 Å². The predicted molar refractivity (Wildman–Crippen MR) is 79.6 cm³/mol. The molecule has 0 heterocycles. The van der Waals surface area contributed by atoms with Gasteiger partial charge in [0, 0.05) is 12.6 Å². The van der Waals surface area contributed by atoms with Crippen molar-refractivity contribution in [2.45, 2.75) is 33.7 Å². The molecule has 1 atom stereocenters. The zero-order chi connectivity index (χ0) is 15.0. The average Bonchev–Trinajstić information content (AvgIpc) is 2.39. The van der Waals surface area contributed by atoms with E-state index < -0.39 is 0 Å². The van der Waals surface area contributed by atoms with E-state index in [-0.39, 0.29) is 17.6 Å². The summed E-state index contributed by atoms with van der Waals surface area (Å²) >= 11 is 0. The average molecular weight is 283 g/mol. The van der Waals surface area contributed by atoms with Gasteiger partial charge in [-0.1, -0.05) is 26.8 Å². The molecular weight excluding hydrogens is 257 g/mol. The smallest absolute Gasteiger partial charge is 0.165 e. The molecule has 114 valence electrons. The molecule has 0 spiro atoms. The largest absolute Gasteiger partial charge is 0.488 e. The van der Waals surface area contributed by atoms with E-state index in [0.717, 1.165) is 12.1 Å². The fraction of sp³-hybridized carbons (Fsp3) is 0.625. The molecule has 0 aliphatic carbocycles. The van der Waals surface area contributed by atoms with Gasteiger partial charge < -0.3 is 14.8 Å². The van der Waals surface area contributed by atoms with Gasteiger partial charge in [-0.05, 0) is 37.1 Å². The Morgan fingerprint density at radius 3 is 2.55 bits per heavy atom. The monoisotopic (exact) mass is 283 g/mol. The van der Waals surface area contributed by atoms with Gasteiger partial charge in [0.2, 0.25) is 0 Å². The Bertz CT molecular complexity index is 396. The Morgan fingerprint density at radius 1 is 1.20 bits per heavy atom. The summed E-state index contributed by atoms with van der Waals surface area (Å²) < 4.78 is 24.7. The minimum absolute atomic E-state index is 0.137. The fourth-order valence-corrected chi connectivity index (χ4v) is 1.86. The van der Waals surface area contributed by atoms with Gasteiger partial charge in [-0.2, -0.15) is 0 Å². The summed E-state index contributed by atoms with van der Waals surface area (Å²) in [6, 6.07) is 5.23. The third-order valence-corrected chi connectivity index (χ3v) is 2.90. The molecule has 0 aromatic heterocycles. The van der Waals surface area contributed by atoms with Crippen LogP contribution in [-0.2, 0) is 4.74 Å². The maximum absolute atomic E-state index is 13.9. The van der Waals surface area contributed by atoms with Crippen molar-refractivity contribution < 1.29 is 13.9 Å². The zero-order valence-corrected chi connectivity index (χ0v) is 12.9. The van der Waals surface area contributed by atoms with Crippen molar-refractivity contribution in [3.05, 3.63) is 29.6 Å². The molecule has 20 heavy (non-hydrogen) atoms. The maximum Gasteiger partial charge on any atom is 0.165 e. The standard InChI is InChI=1S/C16H26FNO2/c1-5-18-13(4)14-6-7-16(15(17)10-14)20-9-8-19-11-12(2)3/h6-7,10,12-13,18H,5,8-9,11H2,1-4H3. The highest BCUT2D eigenvalue weighted by molar-refractivity contribution is 5.30. The first-order valence-corrected chi connectivity index (χ1v) is 7.28. The number of benzene rings is 1. The summed E-state index contributed by atoms with van der Waals surface area (Å²) in [7, 11) is 0. The van der Waals surface area contributed by atoms with Crippen LogP contribution in [-0.4, -0.2) is 26.4 Å². The Balaban J connectivity index is 2.43. The summed E-state index contributed by atoms with van der Waals surface area (Å²) in [5, 5.41) is 3.25. The summed E-state index contributed by atoms with van der Waals surface area (Å²) in [4.78, 5) is 0. The lowest BCUT2D eigenvalue weighted by Crippen LogP contribution is -2.18. The topological polar surface area (TPSA) is 30.5 Å². The number of ether oxygens (including phenoxy) is 2. The van der Waals surface area contributed by atoms with Crippen molar-refractivity contribution in [2.24, 2.45) is 5.92 Å². The van der Waals surface area contributed by atoms with Crippen LogP contribution >= 0.6 is 0 Å². The molecule has 1 N–H and O–H groups in total. The van der Waals surface area contributed by atoms with Gasteiger partial charge >= 0.3 is 0 Å². The second-order valence-corrected chi connectivity index (χ2v) is 5.29. The molecule has 4 heteroatoms. The molecule has 1 unspecified atom stereocenters. The van der Waals surface area contributed by atoms with Crippen molar-refractivity contribution in [3.8, 4) is 5.75 Å². The van der Waals surface area contributed by atoms with Gasteiger partial charge in [-0.25, -0.2) is 4.39 Å². The third kappa shape index (κ3) is 5.88. The van der Waals surface area contributed by atoms with Crippen LogP contribution in [0.15, 0.2) is 18.2 Å². The van der Waals surface area contributed by atoms with Gasteiger partial charge in [0.25, 0.3) is 0 Å². The summed E-state index contributed by atoms with van der Waals surface area (Å²) in [6.45, 7) is 10.6. The lowest BCUT2D eigenvalue weighted by molar-refractivity contribution is 0.0807. The lowest BCUT2D eigenvalue weighted by atomic mass is 10.1. The second kappa shape index (κ2) is 8.93. The molecule has 1 aromatic carbocycles. The molecule has 0 radical (unpaired) electrons. The number of rotatable bonds is 9. The van der Waals surface area contributed by atoms with Gasteiger partial charge in [0.05, 0.1) is 6.61 Å². The maximum atomic E-state index is 13.9. The highest BCUT2D eigenvalue weighted by atomic mass is 19.1. The highest BCUT2D eigenvalue weighted by Gasteiger charge is 2.09. The van der Waals surface area contributed by atoms with Gasteiger partial charge in [0.15, 0.2) is 11.6 Å². The zero-order valence-electron chi connectivity index (χ0n) is 12.9. The van der Waals surface area contributed by atoms with Crippen LogP contribution in [0.25, 0.3) is 0 Å². The predicted octanol–water partition coefficient (Wildman–Crippen LogP) is 3.55. The molecule has 1 aromatic rings. The quantitative estimate of drug-likeness (QED) is 0.703. The van der Waals surface area contributed by atoms with Gasteiger partial charge in [0.1, 0.15) is 6.61 Å². The van der Waals surface area contributed by atoms with E-state index in [1.54, 1.807) is 6.07 Å². The third-order valence-electron chi connectivity index (χ3n) is 2.90. The van der Waals surface area contributed by atoms with Crippen molar-refractivity contribution in [1.29, 1.82) is 0 Å². The van der Waals surface area contributed by atoms with Crippen LogP contribution < -0.4 is 10.1 Å². The number of halogens is 1. The number of hydrogen-bond acceptors (Lipinski definition) is 3. The molecule has 0 saturated heterocycles. The van der Waals surface area contributed by atoms with Crippen molar-refractivity contribution in [3.63, 3.8) is 0 Å². The minimum atomic E-state index is -0.323. The van der Waals surface area contributed by atoms with E-state index in [4.69, 9.17) is 9.47 Å². The van der Waals surface area contributed by atoms with E-state index in [9.17, 15) is 4.39 Å². The molecule has 0 fully saturated rings. The van der Waals surface area contributed by atoms with Crippen LogP contribution in [0, 0.1) is 11.7 Å². The molecule has 0 bridgehead atoms. The van der Waals surface area contributed by atoms with Crippen LogP contribution in [0.1, 0.15) is 39.3 Å². The van der Waals surface area contributed by atoms with Gasteiger partial charge in [-0.15, -0.1) is 0 Å². The SMILES string of the molecule is CCNC(C)c1ccc(OCCOCC(C)C)c(F)c1. The first kappa shape index (κ1) is 16.9. The van der Waals surface area contributed by atoms with E-state index in [2.05, 4.69) is 19.2 Å². The van der Waals surface area contributed by atoms with E-state index in [0.29, 0.717) is 25.7 Å². The second-order valence-electron chi connectivity index (χ2n) is 5.29. The lowest BCUT2D eigenvalue weighted by Gasteiger charge is -2.14. The first-order valence-electron chi connectivity index (χ1n) is 7.28. The number of nitrogens with one attached hydrogen (secondary N) is 1. The molecule has 0 aliphatic heterocycles. The number of hydrogen-bond donors (Lipinski definition) is 1. The highest BCUT2D eigenvalue weighted by Crippen LogP contribution is 2.22. The molecular formula is C16H26FNO2. The Morgan fingerprint density at radius 2 is 1.95 bits per heavy atom. The summed E-state index contributed by atoms with van der Waals surface area (Å²) in [6.07, 6.45) is 0. The van der Waals surface area contributed by atoms with Crippen LogP contribution in [0.5, 0.6) is 5.75 Å². The molecule has 3 nitrogen and oxygen atoms in total. The normalized spacial score (nSPS) is 12.7. The van der Waals surface area contributed by atoms with E-state index in [1.165, 1.54) is 6.07 Å². The van der Waals surface area contributed by atoms with E-state index >= 15 is 0 Å². The molecule has 0 amide bonds. The Labute approximate surface area is 121 Å². The first-order chi connectivity index (χ1) is 9.54. The van der Waals surface area contributed by atoms with Crippen LogP contribution in [0.3, 0.4) is 0 Å². The van der Waals surface area contributed by atoms with Crippen molar-refractivity contribution in [2.75, 3.05) is 26.4 Å². The Hall–Kier alpha value is -1.13. The molecule has 0 saturated carbocycles. The fourth-order valence-electron chi connectivity index (χ4n) is 1.86. The summed E-state index contributed by atoms with van der Waals surface area (Å²) in [5.74, 6) is 0.459. The Kier molecular flexibility index (Phi) is 7.55. The van der Waals surface area contributed by atoms with E-state index in [1.807, 2.05) is 19.9 Å². The minimum Gasteiger partial charge on any atom is -0.488 e. The van der Waals surface area contributed by atoms with Crippen LogP contribution in [0.4, 0.5) is 4.39 Å². The molecule has 1 rings (SSSR count). The molecule has 0 aliphatic rings. The van der Waals surface area contributed by atoms with Crippen molar-refractivity contribution >= 4 is 0 Å². The summed E-state index contributed by atoms with van der Waals surface area (Å²) in [5.41, 5.74) is 0.924.